The van der Waals surface area contributed by atoms with Crippen molar-refractivity contribution in [2.24, 2.45) is 11.8 Å². The molecule has 0 aromatic rings. The molecule has 39 heavy (non-hydrogen) atoms. The number of phosphoric ester groups is 1. The van der Waals surface area contributed by atoms with E-state index in [4.69, 9.17) is 23.0 Å². The number of hydrogen-bond acceptors (Lipinski definition) is 6. The van der Waals surface area contributed by atoms with Gasteiger partial charge in [0.25, 0.3) is 0 Å². The van der Waals surface area contributed by atoms with Crippen LogP contribution in [-0.4, -0.2) is 43.7 Å². The van der Waals surface area contributed by atoms with Crippen molar-refractivity contribution in [3.05, 3.63) is 0 Å². The molecule has 5 fully saturated rings. The maximum atomic E-state index is 14.1. The molecular weight excluding hydrogens is 511 g/mol. The zero-order valence-electron chi connectivity index (χ0n) is 24.6. The lowest BCUT2D eigenvalue weighted by Crippen LogP contribution is -2.31. The summed E-state index contributed by atoms with van der Waals surface area (Å²) in [4.78, 5) is 0. The molecule has 5 aliphatic carbocycles. The Morgan fingerprint density at radius 1 is 0.385 bits per heavy atom. The molecule has 6 nitrogen and oxygen atoms in total. The van der Waals surface area contributed by atoms with Crippen molar-refractivity contribution in [2.75, 3.05) is 13.2 Å². The molecule has 0 bridgehead atoms. The molecule has 226 valence electrons. The van der Waals surface area contributed by atoms with Gasteiger partial charge in [-0.1, -0.05) is 57.8 Å². The second-order valence-corrected chi connectivity index (χ2v) is 15.0. The summed E-state index contributed by atoms with van der Waals surface area (Å²) in [6, 6.07) is 0. The number of ether oxygens (including phenoxy) is 2. The van der Waals surface area contributed by atoms with Crippen molar-refractivity contribution in [1.82, 2.24) is 0 Å². The third-order valence-electron chi connectivity index (χ3n) is 10.2. The topological polar surface area (TPSA) is 63.2 Å². The largest absolute Gasteiger partial charge is 0.475 e. The van der Waals surface area contributed by atoms with Crippen molar-refractivity contribution in [2.45, 2.75) is 178 Å². The van der Waals surface area contributed by atoms with E-state index in [0.717, 1.165) is 102 Å². The normalized spacial score (nSPS) is 34.1. The van der Waals surface area contributed by atoms with Crippen LogP contribution in [0.4, 0.5) is 0 Å². The Morgan fingerprint density at radius 2 is 0.692 bits per heavy atom. The molecule has 7 heteroatoms. The maximum Gasteiger partial charge on any atom is 0.475 e. The van der Waals surface area contributed by atoms with Crippen molar-refractivity contribution < 1.29 is 27.6 Å². The van der Waals surface area contributed by atoms with Crippen LogP contribution in [0.3, 0.4) is 0 Å². The first-order valence-corrected chi connectivity index (χ1v) is 18.5. The van der Waals surface area contributed by atoms with Crippen LogP contribution in [0.2, 0.25) is 0 Å². The van der Waals surface area contributed by atoms with Gasteiger partial charge in [-0.3, -0.25) is 13.6 Å². The fraction of sp³-hybridized carbons (Fsp3) is 1.00. The zero-order chi connectivity index (χ0) is 26.8. The first-order valence-electron chi connectivity index (χ1n) is 17.0. The summed E-state index contributed by atoms with van der Waals surface area (Å²) in [6.07, 6.45) is 26.8. The van der Waals surface area contributed by atoms with E-state index >= 15 is 0 Å². The van der Waals surface area contributed by atoms with E-state index in [-0.39, 0.29) is 18.3 Å². The fourth-order valence-electron chi connectivity index (χ4n) is 7.65. The van der Waals surface area contributed by atoms with Crippen LogP contribution >= 0.6 is 7.82 Å². The highest BCUT2D eigenvalue weighted by Gasteiger charge is 2.39. The maximum absolute atomic E-state index is 14.1. The van der Waals surface area contributed by atoms with Gasteiger partial charge in [0.2, 0.25) is 0 Å². The molecule has 0 saturated heterocycles. The van der Waals surface area contributed by atoms with Gasteiger partial charge in [0.05, 0.1) is 30.5 Å². The quantitative estimate of drug-likeness (QED) is 0.219. The van der Waals surface area contributed by atoms with Gasteiger partial charge in [0.15, 0.2) is 0 Å². The van der Waals surface area contributed by atoms with E-state index in [1.54, 1.807) is 0 Å². The van der Waals surface area contributed by atoms with E-state index in [9.17, 15) is 4.57 Å². The van der Waals surface area contributed by atoms with Crippen LogP contribution in [0.15, 0.2) is 0 Å². The summed E-state index contributed by atoms with van der Waals surface area (Å²) in [7, 11) is -3.62. The molecule has 0 unspecified atom stereocenters. The molecule has 0 spiro atoms. The summed E-state index contributed by atoms with van der Waals surface area (Å²) < 4.78 is 45.6. The van der Waals surface area contributed by atoms with E-state index in [1.165, 1.54) is 70.6 Å². The molecule has 0 heterocycles. The molecule has 5 rings (SSSR count). The Balaban J connectivity index is 1.06. The monoisotopic (exact) mass is 568 g/mol. The zero-order valence-corrected chi connectivity index (χ0v) is 25.5. The van der Waals surface area contributed by atoms with E-state index in [1.807, 2.05) is 0 Å². The molecule has 0 aromatic carbocycles. The Kier molecular flexibility index (Phi) is 12.5. The average Bonchev–Trinajstić information content (AvgIpc) is 2.98. The van der Waals surface area contributed by atoms with Crippen LogP contribution in [-0.2, 0) is 27.6 Å². The lowest BCUT2D eigenvalue weighted by atomic mass is 9.89. The van der Waals surface area contributed by atoms with Crippen LogP contribution < -0.4 is 0 Å². The van der Waals surface area contributed by atoms with Crippen molar-refractivity contribution >= 4 is 7.82 Å². The molecule has 0 atom stereocenters. The molecule has 5 saturated carbocycles. The van der Waals surface area contributed by atoms with Crippen LogP contribution in [0, 0.1) is 11.8 Å². The summed E-state index contributed by atoms with van der Waals surface area (Å²) in [5.74, 6) is 1.50. The van der Waals surface area contributed by atoms with Gasteiger partial charge in [-0.2, -0.15) is 0 Å². The van der Waals surface area contributed by atoms with Gasteiger partial charge in [-0.15, -0.1) is 0 Å². The molecule has 0 radical (unpaired) electrons. The number of hydrogen-bond donors (Lipinski definition) is 0. The van der Waals surface area contributed by atoms with E-state index in [2.05, 4.69) is 0 Å². The highest BCUT2D eigenvalue weighted by Crippen LogP contribution is 2.56. The minimum absolute atomic E-state index is 0.00471. The van der Waals surface area contributed by atoms with E-state index in [0.29, 0.717) is 12.2 Å². The molecule has 0 amide bonds. The van der Waals surface area contributed by atoms with Crippen molar-refractivity contribution in [3.63, 3.8) is 0 Å². The third kappa shape index (κ3) is 10.4. The van der Waals surface area contributed by atoms with Gasteiger partial charge in [0, 0.05) is 13.2 Å². The second kappa shape index (κ2) is 16.0. The Morgan fingerprint density at radius 3 is 1.08 bits per heavy atom. The lowest BCUT2D eigenvalue weighted by Gasteiger charge is -2.36. The number of rotatable bonds is 12. The average molecular weight is 569 g/mol. The van der Waals surface area contributed by atoms with Crippen LogP contribution in [0.25, 0.3) is 0 Å². The molecular formula is C32H57O6P. The minimum atomic E-state index is -3.62. The summed E-state index contributed by atoms with van der Waals surface area (Å²) in [5, 5.41) is 0. The van der Waals surface area contributed by atoms with Crippen LogP contribution in [0.1, 0.15) is 148 Å². The Hall–Kier alpha value is 0.0300. The molecule has 0 aromatic heterocycles. The second-order valence-electron chi connectivity index (χ2n) is 13.5. The SMILES string of the molecule is O=P(OC1CCCCC1)(OC1CCC(OCC2CCCCC2)CC1)OC1CCC(OCC2CCCCC2)CC1. The lowest BCUT2D eigenvalue weighted by molar-refractivity contribution is -0.0451. The highest BCUT2D eigenvalue weighted by atomic mass is 31.2. The van der Waals surface area contributed by atoms with Gasteiger partial charge in [-0.25, -0.2) is 4.57 Å². The summed E-state index contributed by atoms with van der Waals surface area (Å²) in [5.41, 5.74) is 0. The molecule has 0 N–H and O–H groups in total. The van der Waals surface area contributed by atoms with Gasteiger partial charge >= 0.3 is 7.82 Å². The van der Waals surface area contributed by atoms with Crippen molar-refractivity contribution in [3.8, 4) is 0 Å². The Bertz CT molecular complexity index is 666. The number of phosphoric acid groups is 1. The third-order valence-corrected chi connectivity index (χ3v) is 11.9. The van der Waals surface area contributed by atoms with Crippen LogP contribution in [0.5, 0.6) is 0 Å². The standard InChI is InChI=1S/C32H57O6P/c33-39(36-30-14-8-3-9-15-30,37-31-20-16-28(17-21-31)34-24-26-10-4-1-5-11-26)38-32-22-18-29(19-23-32)35-25-27-12-6-2-7-13-27/h26-32H,1-25H2. The smallest absolute Gasteiger partial charge is 0.378 e. The minimum Gasteiger partial charge on any atom is -0.378 e. The predicted octanol–water partition coefficient (Wildman–Crippen LogP) is 9.29. The fourth-order valence-corrected chi connectivity index (χ4v) is 9.53. The first kappa shape index (κ1) is 30.5. The van der Waals surface area contributed by atoms with Gasteiger partial charge < -0.3 is 9.47 Å². The van der Waals surface area contributed by atoms with Crippen molar-refractivity contribution in [1.29, 1.82) is 0 Å². The summed E-state index contributed by atoms with van der Waals surface area (Å²) >= 11 is 0. The van der Waals surface area contributed by atoms with Gasteiger partial charge in [-0.05, 0) is 102 Å². The van der Waals surface area contributed by atoms with E-state index < -0.39 is 7.82 Å². The summed E-state index contributed by atoms with van der Waals surface area (Å²) in [6.45, 7) is 1.82. The molecule has 5 aliphatic rings. The Labute approximate surface area is 238 Å². The predicted molar refractivity (Wildman–Crippen MR) is 155 cm³/mol. The van der Waals surface area contributed by atoms with Gasteiger partial charge in [0.1, 0.15) is 0 Å². The molecule has 0 aliphatic heterocycles. The highest BCUT2D eigenvalue weighted by molar-refractivity contribution is 7.48. The first-order chi connectivity index (χ1) is 19.1.